The zero-order valence-corrected chi connectivity index (χ0v) is 16.5. The quantitative estimate of drug-likeness (QED) is 0.694. The minimum atomic E-state index is 0.493. The Labute approximate surface area is 165 Å². The van der Waals surface area contributed by atoms with E-state index in [0.717, 1.165) is 60.1 Å². The Morgan fingerprint density at radius 2 is 1.64 bits per heavy atom. The van der Waals surface area contributed by atoms with Gasteiger partial charge in [-0.1, -0.05) is 12.1 Å². The number of hydrogen-bond acceptors (Lipinski definition) is 6. The summed E-state index contributed by atoms with van der Waals surface area (Å²) in [5.74, 6) is 3.68. The van der Waals surface area contributed by atoms with Gasteiger partial charge in [-0.3, -0.25) is 0 Å². The van der Waals surface area contributed by atoms with E-state index >= 15 is 0 Å². The third kappa shape index (κ3) is 3.28. The summed E-state index contributed by atoms with van der Waals surface area (Å²) in [6.07, 6.45) is 6.56. The molecular weight excluding hydrogens is 348 g/mol. The fraction of sp³-hybridized carbons (Fsp3) is 0.455. The van der Waals surface area contributed by atoms with Crippen LogP contribution >= 0.6 is 0 Å². The van der Waals surface area contributed by atoms with E-state index in [2.05, 4.69) is 28.8 Å². The lowest BCUT2D eigenvalue weighted by atomic mass is 10.0. The average molecular weight is 374 g/mol. The Kier molecular flexibility index (Phi) is 4.34. The molecule has 3 aromatic rings. The first kappa shape index (κ1) is 17.3. The molecule has 2 aromatic heterocycles. The molecule has 2 aliphatic rings. The van der Waals surface area contributed by atoms with Crippen LogP contribution in [0.15, 0.2) is 36.5 Å². The van der Waals surface area contributed by atoms with Crippen LogP contribution in [-0.4, -0.2) is 46.1 Å². The molecule has 1 aromatic carbocycles. The standard InChI is InChI=1S/C22H26N6/c1-15-22(25-19-6-4-3-5-18(19)24-15)28-13-10-17(11-14-28)27(2)20-9-12-23-21(26-20)16-7-8-16/h3-6,9,12,16-17H,7-8,10-11,13-14H2,1-2H3. The van der Waals surface area contributed by atoms with Crippen LogP contribution in [0.25, 0.3) is 11.0 Å². The number of aryl methyl sites for hydroxylation is 1. The van der Waals surface area contributed by atoms with Crippen LogP contribution in [-0.2, 0) is 0 Å². The molecule has 1 aliphatic carbocycles. The third-order valence-corrected chi connectivity index (χ3v) is 5.99. The third-order valence-electron chi connectivity index (χ3n) is 5.99. The smallest absolute Gasteiger partial charge is 0.150 e. The molecule has 0 radical (unpaired) electrons. The molecule has 6 nitrogen and oxygen atoms in total. The lowest BCUT2D eigenvalue weighted by Crippen LogP contribution is -2.44. The Bertz CT molecular complexity index is 991. The lowest BCUT2D eigenvalue weighted by molar-refractivity contribution is 0.477. The van der Waals surface area contributed by atoms with Crippen molar-refractivity contribution in [1.29, 1.82) is 0 Å². The number of benzene rings is 1. The second kappa shape index (κ2) is 7.00. The van der Waals surface area contributed by atoms with E-state index in [1.54, 1.807) is 0 Å². The zero-order chi connectivity index (χ0) is 19.1. The van der Waals surface area contributed by atoms with Gasteiger partial charge in [0.2, 0.25) is 0 Å². The van der Waals surface area contributed by atoms with Gasteiger partial charge in [-0.05, 0) is 50.8 Å². The number of piperidine rings is 1. The van der Waals surface area contributed by atoms with Gasteiger partial charge in [0.1, 0.15) is 11.6 Å². The van der Waals surface area contributed by atoms with Gasteiger partial charge in [-0.15, -0.1) is 0 Å². The molecule has 6 heteroatoms. The molecule has 28 heavy (non-hydrogen) atoms. The highest BCUT2D eigenvalue weighted by Crippen LogP contribution is 2.38. The van der Waals surface area contributed by atoms with Crippen molar-refractivity contribution in [2.24, 2.45) is 0 Å². The van der Waals surface area contributed by atoms with Crippen LogP contribution in [0, 0.1) is 6.92 Å². The largest absolute Gasteiger partial charge is 0.356 e. The Morgan fingerprint density at radius 1 is 0.929 bits per heavy atom. The number of hydrogen-bond donors (Lipinski definition) is 0. The van der Waals surface area contributed by atoms with Crippen LogP contribution in [0.1, 0.15) is 43.1 Å². The number of nitrogens with zero attached hydrogens (tertiary/aromatic N) is 6. The van der Waals surface area contributed by atoms with Crippen molar-refractivity contribution < 1.29 is 0 Å². The van der Waals surface area contributed by atoms with Crippen LogP contribution in [0.5, 0.6) is 0 Å². The van der Waals surface area contributed by atoms with Gasteiger partial charge in [0.25, 0.3) is 0 Å². The molecule has 0 N–H and O–H groups in total. The predicted molar refractivity (Wildman–Crippen MR) is 112 cm³/mol. The summed E-state index contributed by atoms with van der Waals surface area (Å²) in [6, 6.07) is 10.6. The fourth-order valence-corrected chi connectivity index (χ4v) is 4.13. The average Bonchev–Trinajstić information content (AvgIpc) is 3.58. The Morgan fingerprint density at radius 3 is 2.36 bits per heavy atom. The summed E-state index contributed by atoms with van der Waals surface area (Å²) < 4.78 is 0. The summed E-state index contributed by atoms with van der Waals surface area (Å²) in [5, 5.41) is 0. The number of fused-ring (bicyclic) bond motifs is 1. The van der Waals surface area contributed by atoms with Crippen LogP contribution in [0.4, 0.5) is 11.6 Å². The topological polar surface area (TPSA) is 58.0 Å². The monoisotopic (exact) mass is 374 g/mol. The normalized spacial score (nSPS) is 17.9. The summed E-state index contributed by atoms with van der Waals surface area (Å²) in [5.41, 5.74) is 2.94. The van der Waals surface area contributed by atoms with Crippen molar-refractivity contribution in [3.05, 3.63) is 48.0 Å². The van der Waals surface area contributed by atoms with E-state index in [4.69, 9.17) is 15.0 Å². The highest BCUT2D eigenvalue weighted by molar-refractivity contribution is 5.76. The van der Waals surface area contributed by atoms with Crippen LogP contribution in [0.2, 0.25) is 0 Å². The second-order valence-corrected chi connectivity index (χ2v) is 8.00. The van der Waals surface area contributed by atoms with E-state index in [0.29, 0.717) is 12.0 Å². The van der Waals surface area contributed by atoms with Crippen molar-refractivity contribution in [2.75, 3.05) is 29.9 Å². The summed E-state index contributed by atoms with van der Waals surface area (Å²) >= 11 is 0. The first-order valence-corrected chi connectivity index (χ1v) is 10.2. The van der Waals surface area contributed by atoms with Gasteiger partial charge in [-0.25, -0.2) is 19.9 Å². The zero-order valence-electron chi connectivity index (χ0n) is 16.5. The maximum Gasteiger partial charge on any atom is 0.150 e. The highest BCUT2D eigenvalue weighted by atomic mass is 15.3. The van der Waals surface area contributed by atoms with Gasteiger partial charge in [0.15, 0.2) is 5.82 Å². The summed E-state index contributed by atoms with van der Waals surface area (Å²) in [6.45, 7) is 4.04. The molecule has 0 unspecified atom stereocenters. The molecule has 5 rings (SSSR count). The van der Waals surface area contributed by atoms with Gasteiger partial charge < -0.3 is 9.80 Å². The van der Waals surface area contributed by atoms with Gasteiger partial charge >= 0.3 is 0 Å². The SMILES string of the molecule is Cc1nc2ccccc2nc1N1CCC(N(C)c2ccnc(C3CC3)n2)CC1. The summed E-state index contributed by atoms with van der Waals surface area (Å²) in [7, 11) is 2.17. The first-order valence-electron chi connectivity index (χ1n) is 10.2. The fourth-order valence-electron chi connectivity index (χ4n) is 4.13. The van der Waals surface area contributed by atoms with Crippen LogP contribution < -0.4 is 9.80 Å². The molecule has 0 amide bonds. The van der Waals surface area contributed by atoms with Gasteiger partial charge in [0.05, 0.1) is 16.7 Å². The lowest BCUT2D eigenvalue weighted by Gasteiger charge is -2.38. The van der Waals surface area contributed by atoms with E-state index in [-0.39, 0.29) is 0 Å². The number of aromatic nitrogens is 4. The van der Waals surface area contributed by atoms with Crippen molar-refractivity contribution in [3.63, 3.8) is 0 Å². The molecule has 2 fully saturated rings. The van der Waals surface area contributed by atoms with E-state index in [1.165, 1.54) is 12.8 Å². The van der Waals surface area contributed by atoms with E-state index < -0.39 is 0 Å². The van der Waals surface area contributed by atoms with Crippen molar-refractivity contribution in [1.82, 2.24) is 19.9 Å². The van der Waals surface area contributed by atoms with E-state index in [9.17, 15) is 0 Å². The second-order valence-electron chi connectivity index (χ2n) is 8.00. The predicted octanol–water partition coefficient (Wildman–Crippen LogP) is 3.71. The number of rotatable bonds is 4. The Hall–Kier alpha value is -2.76. The molecule has 144 valence electrons. The highest BCUT2D eigenvalue weighted by Gasteiger charge is 2.29. The van der Waals surface area contributed by atoms with Crippen LogP contribution in [0.3, 0.4) is 0 Å². The van der Waals surface area contributed by atoms with E-state index in [1.807, 2.05) is 36.5 Å². The first-order chi connectivity index (χ1) is 13.7. The molecule has 1 saturated heterocycles. The molecule has 3 heterocycles. The molecule has 0 spiro atoms. The molecule has 0 bridgehead atoms. The molecule has 1 saturated carbocycles. The van der Waals surface area contributed by atoms with Gasteiger partial charge in [0, 0.05) is 38.3 Å². The molecule has 0 atom stereocenters. The molecular formula is C22H26N6. The summed E-state index contributed by atoms with van der Waals surface area (Å²) in [4.78, 5) is 23.6. The maximum absolute atomic E-state index is 4.89. The Balaban J connectivity index is 1.30. The molecule has 1 aliphatic heterocycles. The van der Waals surface area contributed by atoms with Crippen molar-refractivity contribution >= 4 is 22.7 Å². The minimum absolute atomic E-state index is 0.493. The number of para-hydroxylation sites is 2. The number of anilines is 2. The van der Waals surface area contributed by atoms with Crippen molar-refractivity contribution in [2.45, 2.75) is 44.6 Å². The van der Waals surface area contributed by atoms with Crippen molar-refractivity contribution in [3.8, 4) is 0 Å². The van der Waals surface area contributed by atoms with Gasteiger partial charge in [-0.2, -0.15) is 0 Å². The maximum atomic E-state index is 4.89. The minimum Gasteiger partial charge on any atom is -0.356 e.